The number of hydrogen-bond acceptors (Lipinski definition) is 7. The zero-order chi connectivity index (χ0) is 23.1. The van der Waals surface area contributed by atoms with E-state index < -0.39 is 4.92 Å². The highest BCUT2D eigenvalue weighted by Gasteiger charge is 2.15. The average molecular weight is 454 g/mol. The number of nitrogens with one attached hydrogen (secondary N) is 1. The summed E-state index contributed by atoms with van der Waals surface area (Å²) in [6.45, 7) is 8.16. The highest BCUT2D eigenvalue weighted by molar-refractivity contribution is 7.99. The van der Waals surface area contributed by atoms with E-state index in [0.29, 0.717) is 28.8 Å². The molecule has 0 saturated heterocycles. The number of thioether (sulfide) groups is 1. The molecule has 0 fully saturated rings. The van der Waals surface area contributed by atoms with Gasteiger partial charge in [0.05, 0.1) is 10.7 Å². The number of carbonyl (C=O) groups is 1. The van der Waals surface area contributed by atoms with Gasteiger partial charge in [-0.15, -0.1) is 16.8 Å². The van der Waals surface area contributed by atoms with Crippen molar-refractivity contribution >= 4 is 29.0 Å². The van der Waals surface area contributed by atoms with Crippen molar-refractivity contribution in [1.82, 2.24) is 14.8 Å². The molecule has 1 aromatic heterocycles. The van der Waals surface area contributed by atoms with Crippen LogP contribution in [-0.2, 0) is 17.9 Å². The second kappa shape index (κ2) is 10.6. The van der Waals surface area contributed by atoms with Gasteiger partial charge in [0.1, 0.15) is 12.4 Å². The number of hydrogen-bond donors (Lipinski definition) is 1. The summed E-state index contributed by atoms with van der Waals surface area (Å²) >= 11 is 1.24. The number of aryl methyl sites for hydroxylation is 2. The summed E-state index contributed by atoms with van der Waals surface area (Å²) in [6.07, 6.45) is 1.73. The third-order valence-corrected chi connectivity index (χ3v) is 5.55. The number of nitro benzene ring substituents is 1. The predicted molar refractivity (Wildman–Crippen MR) is 123 cm³/mol. The van der Waals surface area contributed by atoms with Crippen LogP contribution in [-0.4, -0.2) is 31.3 Å². The standard InChI is InChI=1S/C22H23N5O4S/c1-4-11-26-20(13-31-19-8-6-5-7-15(19)2)24-25-22(26)32-14-21(28)23-18-10-9-17(27(29)30)12-16(18)3/h4-10,12H,1,11,13-14H2,2-3H3,(H,23,28). The number of allylic oxidation sites excluding steroid dienone is 1. The first-order valence-corrected chi connectivity index (χ1v) is 10.8. The smallest absolute Gasteiger partial charge is 0.269 e. The quantitative estimate of drug-likeness (QED) is 0.211. The van der Waals surface area contributed by atoms with E-state index in [0.717, 1.165) is 11.3 Å². The number of benzene rings is 2. The van der Waals surface area contributed by atoms with Crippen molar-refractivity contribution in [3.05, 3.63) is 82.2 Å². The lowest BCUT2D eigenvalue weighted by molar-refractivity contribution is -0.384. The van der Waals surface area contributed by atoms with Crippen LogP contribution in [0.25, 0.3) is 0 Å². The molecule has 0 unspecified atom stereocenters. The summed E-state index contributed by atoms with van der Waals surface area (Å²) in [5, 5.41) is 22.6. The molecule has 9 nitrogen and oxygen atoms in total. The molecule has 2 aromatic carbocycles. The van der Waals surface area contributed by atoms with Gasteiger partial charge in [-0.2, -0.15) is 0 Å². The number of nitro groups is 1. The van der Waals surface area contributed by atoms with Crippen molar-refractivity contribution < 1.29 is 14.5 Å². The normalized spacial score (nSPS) is 10.6. The Hall–Kier alpha value is -3.66. The Morgan fingerprint density at radius 1 is 1.25 bits per heavy atom. The number of anilines is 1. The fourth-order valence-electron chi connectivity index (χ4n) is 2.92. The fourth-order valence-corrected chi connectivity index (χ4v) is 3.69. The van der Waals surface area contributed by atoms with Gasteiger partial charge in [-0.1, -0.05) is 36.0 Å². The van der Waals surface area contributed by atoms with Crippen molar-refractivity contribution in [1.29, 1.82) is 0 Å². The third kappa shape index (κ3) is 5.73. The molecule has 0 saturated carbocycles. The second-order valence-corrected chi connectivity index (χ2v) is 7.89. The zero-order valence-corrected chi connectivity index (χ0v) is 18.6. The largest absolute Gasteiger partial charge is 0.485 e. The summed E-state index contributed by atoms with van der Waals surface area (Å²) in [7, 11) is 0. The maximum Gasteiger partial charge on any atom is 0.269 e. The molecule has 1 N–H and O–H groups in total. The Bertz CT molecular complexity index is 1150. The number of ether oxygens (including phenoxy) is 1. The van der Waals surface area contributed by atoms with E-state index in [9.17, 15) is 14.9 Å². The number of aromatic nitrogens is 3. The van der Waals surface area contributed by atoms with E-state index in [4.69, 9.17) is 4.74 Å². The van der Waals surface area contributed by atoms with Gasteiger partial charge in [0.25, 0.3) is 5.69 Å². The number of carbonyl (C=O) groups excluding carboxylic acids is 1. The van der Waals surface area contributed by atoms with Crippen LogP contribution >= 0.6 is 11.8 Å². The number of amides is 1. The van der Waals surface area contributed by atoms with Crippen LogP contribution in [0.1, 0.15) is 17.0 Å². The number of nitrogens with zero attached hydrogens (tertiary/aromatic N) is 4. The zero-order valence-electron chi connectivity index (χ0n) is 17.8. The van der Waals surface area contributed by atoms with Crippen LogP contribution in [0.2, 0.25) is 0 Å². The number of non-ortho nitro benzene ring substituents is 1. The van der Waals surface area contributed by atoms with Gasteiger partial charge in [-0.05, 0) is 37.1 Å². The summed E-state index contributed by atoms with van der Waals surface area (Å²) in [5.74, 6) is 1.25. The van der Waals surface area contributed by atoms with E-state index in [1.807, 2.05) is 35.8 Å². The monoisotopic (exact) mass is 453 g/mol. The topological polar surface area (TPSA) is 112 Å². The Balaban J connectivity index is 1.63. The third-order valence-electron chi connectivity index (χ3n) is 4.58. The van der Waals surface area contributed by atoms with Crippen molar-refractivity contribution in [2.45, 2.75) is 32.2 Å². The van der Waals surface area contributed by atoms with Crippen molar-refractivity contribution in [2.24, 2.45) is 0 Å². The SMILES string of the molecule is C=CCn1c(COc2ccccc2C)nnc1SCC(=O)Nc1ccc([N+](=O)[O-])cc1C. The molecular weight excluding hydrogens is 430 g/mol. The minimum absolute atomic E-state index is 0.0205. The number of para-hydroxylation sites is 1. The van der Waals surface area contributed by atoms with E-state index >= 15 is 0 Å². The van der Waals surface area contributed by atoms with Crippen LogP contribution in [0.15, 0.2) is 60.3 Å². The van der Waals surface area contributed by atoms with E-state index in [1.165, 1.54) is 30.0 Å². The van der Waals surface area contributed by atoms with Crippen LogP contribution < -0.4 is 10.1 Å². The summed E-state index contributed by atoms with van der Waals surface area (Å²) in [4.78, 5) is 22.8. The Kier molecular flexibility index (Phi) is 7.61. The molecule has 0 bridgehead atoms. The molecule has 0 radical (unpaired) electrons. The van der Waals surface area contributed by atoms with Gasteiger partial charge in [-0.3, -0.25) is 19.5 Å². The molecule has 32 heavy (non-hydrogen) atoms. The van der Waals surface area contributed by atoms with E-state index in [-0.39, 0.29) is 24.0 Å². The Morgan fingerprint density at radius 2 is 2.03 bits per heavy atom. The first kappa shape index (κ1) is 23.0. The molecule has 10 heteroatoms. The molecule has 166 valence electrons. The Labute approximate surface area is 189 Å². The van der Waals surface area contributed by atoms with Gasteiger partial charge >= 0.3 is 0 Å². The molecule has 0 aliphatic heterocycles. The number of rotatable bonds is 10. The summed E-state index contributed by atoms with van der Waals surface area (Å²) in [5.41, 5.74) is 2.15. The predicted octanol–water partition coefficient (Wildman–Crippen LogP) is 4.30. The average Bonchev–Trinajstić information content (AvgIpc) is 3.15. The van der Waals surface area contributed by atoms with Crippen LogP contribution in [0, 0.1) is 24.0 Å². The molecule has 0 spiro atoms. The van der Waals surface area contributed by atoms with Gasteiger partial charge in [0.15, 0.2) is 11.0 Å². The lowest BCUT2D eigenvalue weighted by atomic mass is 10.2. The Morgan fingerprint density at radius 3 is 2.72 bits per heavy atom. The minimum Gasteiger partial charge on any atom is -0.485 e. The van der Waals surface area contributed by atoms with E-state index in [2.05, 4.69) is 22.1 Å². The maximum absolute atomic E-state index is 12.4. The molecule has 3 aromatic rings. The van der Waals surface area contributed by atoms with Crippen LogP contribution in [0.4, 0.5) is 11.4 Å². The molecule has 1 heterocycles. The van der Waals surface area contributed by atoms with Crippen molar-refractivity contribution in [2.75, 3.05) is 11.1 Å². The second-order valence-electron chi connectivity index (χ2n) is 6.95. The molecule has 0 aliphatic rings. The highest BCUT2D eigenvalue weighted by atomic mass is 32.2. The first-order chi connectivity index (χ1) is 15.4. The summed E-state index contributed by atoms with van der Waals surface area (Å²) < 4.78 is 7.72. The van der Waals surface area contributed by atoms with Gasteiger partial charge in [0, 0.05) is 24.4 Å². The molecular formula is C22H23N5O4S. The molecule has 1 amide bonds. The van der Waals surface area contributed by atoms with Gasteiger partial charge < -0.3 is 10.1 Å². The lowest BCUT2D eigenvalue weighted by Gasteiger charge is -2.11. The van der Waals surface area contributed by atoms with Crippen LogP contribution in [0.5, 0.6) is 5.75 Å². The fraction of sp³-hybridized carbons (Fsp3) is 0.227. The lowest BCUT2D eigenvalue weighted by Crippen LogP contribution is -2.15. The molecule has 0 aliphatic carbocycles. The maximum atomic E-state index is 12.4. The van der Waals surface area contributed by atoms with Crippen molar-refractivity contribution in [3.8, 4) is 5.75 Å². The van der Waals surface area contributed by atoms with Gasteiger partial charge in [-0.25, -0.2) is 0 Å². The molecule has 0 atom stereocenters. The van der Waals surface area contributed by atoms with Crippen LogP contribution in [0.3, 0.4) is 0 Å². The first-order valence-electron chi connectivity index (χ1n) is 9.78. The highest BCUT2D eigenvalue weighted by Crippen LogP contribution is 2.23. The summed E-state index contributed by atoms with van der Waals surface area (Å²) in [6, 6.07) is 12.0. The van der Waals surface area contributed by atoms with E-state index in [1.54, 1.807) is 13.0 Å². The molecule has 3 rings (SSSR count). The minimum atomic E-state index is -0.471. The van der Waals surface area contributed by atoms with Gasteiger partial charge in [0.2, 0.25) is 5.91 Å². The van der Waals surface area contributed by atoms with Crippen molar-refractivity contribution in [3.63, 3.8) is 0 Å².